The van der Waals surface area contributed by atoms with Crippen molar-refractivity contribution in [2.45, 2.75) is 51.1 Å². The number of nitrogens with zero attached hydrogens (tertiary/aromatic N) is 2. The van der Waals surface area contributed by atoms with Crippen LogP contribution in [0.4, 0.5) is 0 Å². The van der Waals surface area contributed by atoms with E-state index in [0.29, 0.717) is 0 Å². The smallest absolute Gasteiger partial charge is 0.0197 e. The zero-order valence-corrected chi connectivity index (χ0v) is 11.9. The van der Waals surface area contributed by atoms with Crippen molar-refractivity contribution >= 4 is 0 Å². The molecule has 0 aromatic heterocycles. The maximum Gasteiger partial charge on any atom is 0.0197 e. The molecular formula is C15H29N3. The lowest BCUT2D eigenvalue weighted by Crippen LogP contribution is -2.52. The van der Waals surface area contributed by atoms with E-state index in [1.54, 1.807) is 0 Å². The standard InChI is InChI=1S/C15H29N3/c1-2-13-5-6-16-14(11-13)12-17-7-9-18(10-8-17)15-3-4-15/h13-16H,2-12H2,1H3. The highest BCUT2D eigenvalue weighted by molar-refractivity contribution is 4.89. The average molecular weight is 251 g/mol. The predicted octanol–water partition coefficient (Wildman–Crippen LogP) is 1.54. The molecule has 1 saturated carbocycles. The van der Waals surface area contributed by atoms with Crippen molar-refractivity contribution in [2.24, 2.45) is 5.92 Å². The van der Waals surface area contributed by atoms with Gasteiger partial charge in [0.1, 0.15) is 0 Å². The maximum absolute atomic E-state index is 3.72. The first kappa shape index (κ1) is 12.9. The predicted molar refractivity (Wildman–Crippen MR) is 75.8 cm³/mol. The van der Waals surface area contributed by atoms with E-state index in [9.17, 15) is 0 Å². The minimum atomic E-state index is 0.760. The summed E-state index contributed by atoms with van der Waals surface area (Å²) >= 11 is 0. The molecule has 3 aliphatic rings. The van der Waals surface area contributed by atoms with Crippen molar-refractivity contribution < 1.29 is 0 Å². The molecule has 1 N–H and O–H groups in total. The molecule has 2 unspecified atom stereocenters. The summed E-state index contributed by atoms with van der Waals surface area (Å²) in [5, 5.41) is 3.72. The van der Waals surface area contributed by atoms with E-state index >= 15 is 0 Å². The van der Waals surface area contributed by atoms with Crippen LogP contribution in [0.25, 0.3) is 0 Å². The Hall–Kier alpha value is -0.120. The third kappa shape index (κ3) is 3.25. The Kier molecular flexibility index (Phi) is 4.22. The molecule has 2 heterocycles. The Labute approximate surface area is 112 Å². The Balaban J connectivity index is 1.40. The van der Waals surface area contributed by atoms with E-state index in [4.69, 9.17) is 0 Å². The molecule has 2 atom stereocenters. The van der Waals surface area contributed by atoms with Crippen molar-refractivity contribution in [1.82, 2.24) is 15.1 Å². The quantitative estimate of drug-likeness (QED) is 0.818. The summed E-state index contributed by atoms with van der Waals surface area (Å²) in [7, 11) is 0. The number of hydrogen-bond donors (Lipinski definition) is 1. The molecule has 0 bridgehead atoms. The Morgan fingerprint density at radius 1 is 1.06 bits per heavy atom. The highest BCUT2D eigenvalue weighted by Gasteiger charge is 2.32. The molecule has 0 amide bonds. The van der Waals surface area contributed by atoms with Crippen LogP contribution in [0.15, 0.2) is 0 Å². The van der Waals surface area contributed by atoms with Gasteiger partial charge in [-0.1, -0.05) is 13.3 Å². The summed E-state index contributed by atoms with van der Waals surface area (Å²) in [5.41, 5.74) is 0. The average Bonchev–Trinajstić information content (AvgIpc) is 3.24. The van der Waals surface area contributed by atoms with Crippen LogP contribution in [0.2, 0.25) is 0 Å². The molecule has 0 spiro atoms. The summed E-state index contributed by atoms with van der Waals surface area (Å²) < 4.78 is 0. The normalized spacial score (nSPS) is 35.8. The van der Waals surface area contributed by atoms with Gasteiger partial charge in [0.25, 0.3) is 0 Å². The molecule has 0 aromatic rings. The molecule has 3 nitrogen and oxygen atoms in total. The lowest BCUT2D eigenvalue weighted by atomic mass is 9.90. The van der Waals surface area contributed by atoms with E-state index in [0.717, 1.165) is 18.0 Å². The summed E-state index contributed by atoms with van der Waals surface area (Å²) in [5.74, 6) is 0.976. The molecule has 3 heteroatoms. The Morgan fingerprint density at radius 2 is 1.83 bits per heavy atom. The summed E-state index contributed by atoms with van der Waals surface area (Å²) in [6.45, 7) is 10.1. The van der Waals surface area contributed by atoms with E-state index in [1.165, 1.54) is 71.4 Å². The van der Waals surface area contributed by atoms with Crippen molar-refractivity contribution in [3.63, 3.8) is 0 Å². The molecule has 1 aliphatic carbocycles. The Morgan fingerprint density at radius 3 is 2.50 bits per heavy atom. The minimum absolute atomic E-state index is 0.760. The number of piperidine rings is 1. The molecule has 2 aliphatic heterocycles. The summed E-state index contributed by atoms with van der Waals surface area (Å²) in [4.78, 5) is 5.40. The van der Waals surface area contributed by atoms with Gasteiger partial charge in [0.2, 0.25) is 0 Å². The van der Waals surface area contributed by atoms with Gasteiger partial charge in [0, 0.05) is 44.8 Å². The largest absolute Gasteiger partial charge is 0.313 e. The van der Waals surface area contributed by atoms with Crippen molar-refractivity contribution in [3.05, 3.63) is 0 Å². The van der Waals surface area contributed by atoms with E-state index in [1.807, 2.05) is 0 Å². The maximum atomic E-state index is 3.72. The van der Waals surface area contributed by atoms with Crippen LogP contribution in [0.5, 0.6) is 0 Å². The van der Waals surface area contributed by atoms with Crippen LogP contribution in [-0.2, 0) is 0 Å². The molecule has 0 radical (unpaired) electrons. The van der Waals surface area contributed by atoms with Crippen LogP contribution in [0.1, 0.15) is 39.0 Å². The first-order valence-corrected chi connectivity index (χ1v) is 8.05. The van der Waals surface area contributed by atoms with Crippen LogP contribution in [0, 0.1) is 5.92 Å². The van der Waals surface area contributed by atoms with Crippen LogP contribution in [-0.4, -0.2) is 61.2 Å². The fourth-order valence-electron chi connectivity index (χ4n) is 3.67. The third-order valence-corrected chi connectivity index (χ3v) is 5.13. The number of piperazine rings is 1. The first-order chi connectivity index (χ1) is 8.85. The van der Waals surface area contributed by atoms with Gasteiger partial charge in [-0.05, 0) is 38.1 Å². The molecule has 2 saturated heterocycles. The minimum Gasteiger partial charge on any atom is -0.313 e. The van der Waals surface area contributed by atoms with Gasteiger partial charge >= 0.3 is 0 Å². The van der Waals surface area contributed by atoms with E-state index in [2.05, 4.69) is 22.0 Å². The highest BCUT2D eigenvalue weighted by atomic mass is 15.3. The second-order valence-corrected chi connectivity index (χ2v) is 6.52. The van der Waals surface area contributed by atoms with E-state index < -0.39 is 0 Å². The molecule has 3 rings (SSSR count). The zero-order chi connectivity index (χ0) is 12.4. The lowest BCUT2D eigenvalue weighted by molar-refractivity contribution is 0.109. The van der Waals surface area contributed by atoms with Crippen molar-refractivity contribution in [3.8, 4) is 0 Å². The number of nitrogens with one attached hydrogen (secondary N) is 1. The van der Waals surface area contributed by atoms with Gasteiger partial charge in [-0.15, -0.1) is 0 Å². The molecule has 18 heavy (non-hydrogen) atoms. The zero-order valence-electron chi connectivity index (χ0n) is 11.9. The van der Waals surface area contributed by atoms with Gasteiger partial charge < -0.3 is 5.32 Å². The molecule has 104 valence electrons. The molecule has 0 aromatic carbocycles. The van der Waals surface area contributed by atoms with Crippen LogP contribution < -0.4 is 5.32 Å². The van der Waals surface area contributed by atoms with E-state index in [-0.39, 0.29) is 0 Å². The van der Waals surface area contributed by atoms with Crippen molar-refractivity contribution in [2.75, 3.05) is 39.3 Å². The highest BCUT2D eigenvalue weighted by Crippen LogP contribution is 2.27. The summed E-state index contributed by atoms with van der Waals surface area (Å²) in [6.07, 6.45) is 7.08. The third-order valence-electron chi connectivity index (χ3n) is 5.13. The van der Waals surface area contributed by atoms with Gasteiger partial charge in [0.05, 0.1) is 0 Å². The van der Waals surface area contributed by atoms with Crippen LogP contribution in [0.3, 0.4) is 0 Å². The van der Waals surface area contributed by atoms with Gasteiger partial charge in [-0.25, -0.2) is 0 Å². The monoisotopic (exact) mass is 251 g/mol. The molecule has 3 fully saturated rings. The van der Waals surface area contributed by atoms with Gasteiger partial charge in [-0.2, -0.15) is 0 Å². The van der Waals surface area contributed by atoms with Gasteiger partial charge in [-0.3, -0.25) is 9.80 Å². The Bertz CT molecular complexity index is 256. The topological polar surface area (TPSA) is 18.5 Å². The number of hydrogen-bond acceptors (Lipinski definition) is 3. The SMILES string of the molecule is CCC1CCNC(CN2CCN(C3CC3)CC2)C1. The van der Waals surface area contributed by atoms with Crippen LogP contribution >= 0.6 is 0 Å². The number of rotatable bonds is 4. The second-order valence-electron chi connectivity index (χ2n) is 6.52. The van der Waals surface area contributed by atoms with Gasteiger partial charge in [0.15, 0.2) is 0 Å². The first-order valence-electron chi connectivity index (χ1n) is 8.05. The summed E-state index contributed by atoms with van der Waals surface area (Å²) in [6, 6.07) is 1.72. The molecular weight excluding hydrogens is 222 g/mol. The lowest BCUT2D eigenvalue weighted by Gasteiger charge is -2.38. The second kappa shape index (κ2) is 5.89. The fourth-order valence-corrected chi connectivity index (χ4v) is 3.67. The van der Waals surface area contributed by atoms with Crippen molar-refractivity contribution in [1.29, 1.82) is 0 Å². The fraction of sp³-hybridized carbons (Fsp3) is 1.00.